The summed E-state index contributed by atoms with van der Waals surface area (Å²) in [6, 6.07) is 0.861. The van der Waals surface area contributed by atoms with E-state index in [0.717, 1.165) is 12.3 Å². The van der Waals surface area contributed by atoms with Crippen LogP contribution in [0.3, 0.4) is 0 Å². The molecular weight excluding hydrogens is 252 g/mol. The van der Waals surface area contributed by atoms with Crippen LogP contribution in [0.25, 0.3) is 0 Å². The SMILES string of the molecule is Cl.NCCc1ncc(C(F)(F)F)cc1Cl. The van der Waals surface area contributed by atoms with Crippen molar-refractivity contribution in [3.05, 3.63) is 28.5 Å². The summed E-state index contributed by atoms with van der Waals surface area (Å²) < 4.78 is 36.5. The van der Waals surface area contributed by atoms with E-state index in [2.05, 4.69) is 4.98 Å². The first kappa shape index (κ1) is 14.5. The van der Waals surface area contributed by atoms with E-state index < -0.39 is 11.7 Å². The Labute approximate surface area is 96.0 Å². The minimum atomic E-state index is -4.40. The normalized spacial score (nSPS) is 11.0. The molecule has 2 N–H and O–H groups in total. The van der Waals surface area contributed by atoms with Crippen LogP contribution in [0.15, 0.2) is 12.3 Å². The van der Waals surface area contributed by atoms with E-state index in [1.165, 1.54) is 0 Å². The second-order valence-electron chi connectivity index (χ2n) is 2.69. The van der Waals surface area contributed by atoms with Crippen molar-refractivity contribution in [3.8, 4) is 0 Å². The average Bonchev–Trinajstić information content (AvgIpc) is 2.07. The largest absolute Gasteiger partial charge is 0.417 e. The van der Waals surface area contributed by atoms with Crippen molar-refractivity contribution in [2.45, 2.75) is 12.6 Å². The molecule has 0 amide bonds. The molecule has 0 bridgehead atoms. The maximum absolute atomic E-state index is 12.2. The van der Waals surface area contributed by atoms with Gasteiger partial charge in [-0.15, -0.1) is 12.4 Å². The summed E-state index contributed by atoms with van der Waals surface area (Å²) in [7, 11) is 0. The number of halogens is 5. The van der Waals surface area contributed by atoms with Crippen LogP contribution >= 0.6 is 24.0 Å². The summed E-state index contributed by atoms with van der Waals surface area (Å²) in [5.74, 6) is 0. The molecule has 0 spiro atoms. The molecule has 0 fully saturated rings. The van der Waals surface area contributed by atoms with Crippen molar-refractivity contribution in [1.29, 1.82) is 0 Å². The maximum atomic E-state index is 12.2. The summed E-state index contributed by atoms with van der Waals surface area (Å²) in [4.78, 5) is 3.60. The Balaban J connectivity index is 0.00000196. The summed E-state index contributed by atoms with van der Waals surface area (Å²) >= 11 is 5.60. The van der Waals surface area contributed by atoms with Crippen LogP contribution in [0, 0.1) is 0 Å². The van der Waals surface area contributed by atoms with Gasteiger partial charge in [0.15, 0.2) is 0 Å². The first-order chi connectivity index (χ1) is 6.45. The van der Waals surface area contributed by atoms with Gasteiger partial charge in [-0.05, 0) is 12.6 Å². The van der Waals surface area contributed by atoms with E-state index in [4.69, 9.17) is 17.3 Å². The predicted octanol–water partition coefficient (Wildman–Crippen LogP) is 2.68. The Morgan fingerprint density at radius 3 is 2.40 bits per heavy atom. The lowest BCUT2D eigenvalue weighted by Gasteiger charge is -2.08. The smallest absolute Gasteiger partial charge is 0.330 e. The molecule has 86 valence electrons. The van der Waals surface area contributed by atoms with Crippen LogP contribution in [0.1, 0.15) is 11.3 Å². The molecule has 0 radical (unpaired) electrons. The zero-order chi connectivity index (χ0) is 10.8. The molecule has 15 heavy (non-hydrogen) atoms. The van der Waals surface area contributed by atoms with Crippen LogP contribution < -0.4 is 5.73 Å². The fourth-order valence-electron chi connectivity index (χ4n) is 0.942. The molecule has 0 unspecified atom stereocenters. The molecule has 2 nitrogen and oxygen atoms in total. The second kappa shape index (κ2) is 5.53. The van der Waals surface area contributed by atoms with Gasteiger partial charge < -0.3 is 5.73 Å². The molecule has 0 aliphatic rings. The topological polar surface area (TPSA) is 38.9 Å². The Morgan fingerprint density at radius 1 is 1.40 bits per heavy atom. The van der Waals surface area contributed by atoms with Crippen LogP contribution in [0.5, 0.6) is 0 Å². The highest BCUT2D eigenvalue weighted by molar-refractivity contribution is 6.31. The number of nitrogens with two attached hydrogens (primary N) is 1. The third-order valence-electron chi connectivity index (χ3n) is 1.63. The lowest BCUT2D eigenvalue weighted by atomic mass is 10.2. The van der Waals surface area contributed by atoms with Crippen molar-refractivity contribution in [2.24, 2.45) is 5.73 Å². The summed E-state index contributed by atoms with van der Waals surface area (Å²) in [6.07, 6.45) is -3.27. The van der Waals surface area contributed by atoms with Crippen LogP contribution in [-0.4, -0.2) is 11.5 Å². The Morgan fingerprint density at radius 2 is 2.00 bits per heavy atom. The molecule has 1 rings (SSSR count). The van der Waals surface area contributed by atoms with E-state index in [1.54, 1.807) is 0 Å². The number of hydrogen-bond donors (Lipinski definition) is 1. The fourth-order valence-corrected chi connectivity index (χ4v) is 1.20. The third kappa shape index (κ3) is 3.85. The maximum Gasteiger partial charge on any atom is 0.417 e. The van der Waals surface area contributed by atoms with Gasteiger partial charge >= 0.3 is 6.18 Å². The lowest BCUT2D eigenvalue weighted by Crippen LogP contribution is -2.09. The van der Waals surface area contributed by atoms with E-state index in [0.29, 0.717) is 18.7 Å². The number of rotatable bonds is 2. The summed E-state index contributed by atoms with van der Waals surface area (Å²) in [6.45, 7) is 0.304. The average molecular weight is 261 g/mol. The van der Waals surface area contributed by atoms with Crippen molar-refractivity contribution < 1.29 is 13.2 Å². The molecule has 0 aromatic carbocycles. The van der Waals surface area contributed by atoms with E-state index in [9.17, 15) is 13.2 Å². The van der Waals surface area contributed by atoms with Crippen molar-refractivity contribution in [1.82, 2.24) is 4.98 Å². The molecule has 1 heterocycles. The van der Waals surface area contributed by atoms with Gasteiger partial charge in [0.2, 0.25) is 0 Å². The minimum Gasteiger partial charge on any atom is -0.330 e. The molecule has 0 aliphatic heterocycles. The summed E-state index contributed by atoms with van der Waals surface area (Å²) in [5, 5.41) is 0.00488. The monoisotopic (exact) mass is 260 g/mol. The number of aromatic nitrogens is 1. The molecule has 0 atom stereocenters. The third-order valence-corrected chi connectivity index (χ3v) is 1.95. The first-order valence-electron chi connectivity index (χ1n) is 3.87. The van der Waals surface area contributed by atoms with Gasteiger partial charge in [0, 0.05) is 12.6 Å². The quantitative estimate of drug-likeness (QED) is 0.888. The Bertz CT molecular complexity index is 328. The zero-order valence-corrected chi connectivity index (χ0v) is 9.09. The van der Waals surface area contributed by atoms with Gasteiger partial charge in [-0.1, -0.05) is 11.6 Å². The van der Waals surface area contributed by atoms with Crippen molar-refractivity contribution in [2.75, 3.05) is 6.54 Å². The first-order valence-corrected chi connectivity index (χ1v) is 4.24. The Hall–Kier alpha value is -0.520. The zero-order valence-electron chi connectivity index (χ0n) is 7.51. The number of alkyl halides is 3. The van der Waals surface area contributed by atoms with Crippen LogP contribution in [-0.2, 0) is 12.6 Å². The van der Waals surface area contributed by atoms with Gasteiger partial charge in [0.05, 0.1) is 16.3 Å². The highest BCUT2D eigenvalue weighted by Gasteiger charge is 2.31. The fraction of sp³-hybridized carbons (Fsp3) is 0.375. The van der Waals surface area contributed by atoms with Gasteiger partial charge in [0.25, 0.3) is 0 Å². The van der Waals surface area contributed by atoms with Crippen LogP contribution in [0.2, 0.25) is 5.02 Å². The Kier molecular flexibility index (Phi) is 5.34. The lowest BCUT2D eigenvalue weighted by molar-refractivity contribution is -0.137. The van der Waals surface area contributed by atoms with E-state index >= 15 is 0 Å². The van der Waals surface area contributed by atoms with Gasteiger partial charge in [0.1, 0.15) is 0 Å². The predicted molar refractivity (Wildman–Crippen MR) is 54.3 cm³/mol. The highest BCUT2D eigenvalue weighted by atomic mass is 35.5. The number of pyridine rings is 1. The molecule has 0 saturated carbocycles. The standard InChI is InChI=1S/C8H8ClF3N2.ClH/c9-6-3-5(8(10,11)12)4-14-7(6)1-2-13;/h3-4H,1-2,13H2;1H. The summed E-state index contributed by atoms with van der Waals surface area (Å²) in [5.41, 5.74) is 4.78. The van der Waals surface area contributed by atoms with Crippen LogP contribution in [0.4, 0.5) is 13.2 Å². The molecule has 1 aromatic heterocycles. The van der Waals surface area contributed by atoms with Crippen molar-refractivity contribution in [3.63, 3.8) is 0 Å². The van der Waals surface area contributed by atoms with E-state index in [1.807, 2.05) is 0 Å². The number of hydrogen-bond acceptors (Lipinski definition) is 2. The van der Waals surface area contributed by atoms with Crippen molar-refractivity contribution >= 4 is 24.0 Å². The van der Waals surface area contributed by atoms with Gasteiger partial charge in [-0.2, -0.15) is 13.2 Å². The van der Waals surface area contributed by atoms with Gasteiger partial charge in [-0.3, -0.25) is 4.98 Å². The van der Waals surface area contributed by atoms with Gasteiger partial charge in [-0.25, -0.2) is 0 Å². The second-order valence-corrected chi connectivity index (χ2v) is 3.10. The molecule has 7 heteroatoms. The molecule has 0 saturated heterocycles. The minimum absolute atomic E-state index is 0. The highest BCUT2D eigenvalue weighted by Crippen LogP contribution is 2.30. The number of nitrogens with zero attached hydrogens (tertiary/aromatic N) is 1. The molecular formula is C8H9Cl2F3N2. The van der Waals surface area contributed by atoms with E-state index in [-0.39, 0.29) is 17.4 Å². The molecule has 0 aliphatic carbocycles. The molecule has 1 aromatic rings.